The normalized spacial score (nSPS) is 20.6. The van der Waals surface area contributed by atoms with Gasteiger partial charge in [-0.05, 0) is 50.2 Å². The molecule has 1 amide bonds. The minimum atomic E-state index is 0.0394. The van der Waals surface area contributed by atoms with Crippen LogP contribution < -0.4 is 0 Å². The van der Waals surface area contributed by atoms with Crippen molar-refractivity contribution in [1.82, 2.24) is 4.90 Å². The van der Waals surface area contributed by atoms with E-state index in [4.69, 9.17) is 0 Å². The molecule has 23 heavy (non-hydrogen) atoms. The van der Waals surface area contributed by atoms with Crippen LogP contribution in [0.2, 0.25) is 0 Å². The Morgan fingerprint density at radius 1 is 1.26 bits per heavy atom. The Labute approximate surface area is 139 Å². The van der Waals surface area contributed by atoms with E-state index >= 15 is 0 Å². The molecule has 2 heteroatoms. The van der Waals surface area contributed by atoms with Gasteiger partial charge in [0.1, 0.15) is 0 Å². The van der Waals surface area contributed by atoms with E-state index in [9.17, 15) is 4.79 Å². The first-order valence-corrected chi connectivity index (χ1v) is 8.53. The summed E-state index contributed by atoms with van der Waals surface area (Å²) in [5.74, 6) is 0.880. The third-order valence-electron chi connectivity index (χ3n) is 4.82. The summed E-state index contributed by atoms with van der Waals surface area (Å²) in [7, 11) is 0. The Balaban J connectivity index is 1.75. The lowest BCUT2D eigenvalue weighted by molar-refractivity contribution is -0.132. The van der Waals surface area contributed by atoms with Crippen molar-refractivity contribution in [1.29, 1.82) is 0 Å². The summed E-state index contributed by atoms with van der Waals surface area (Å²) in [5.41, 5.74) is 3.51. The number of benzene rings is 1. The first kappa shape index (κ1) is 15.8. The number of allylic oxidation sites excluding steroid dienone is 3. The molecule has 0 unspecified atom stereocenters. The van der Waals surface area contributed by atoms with Crippen LogP contribution in [0.4, 0.5) is 0 Å². The maximum atomic E-state index is 13.0. The smallest absolute Gasteiger partial charge is 0.234 e. The lowest BCUT2D eigenvalue weighted by atomic mass is 10.0. The summed E-state index contributed by atoms with van der Waals surface area (Å²) in [6.45, 7) is 6.83. The van der Waals surface area contributed by atoms with Crippen LogP contribution in [0.15, 0.2) is 66.4 Å². The number of hydrogen-bond donors (Lipinski definition) is 0. The van der Waals surface area contributed by atoms with Crippen LogP contribution in [0.3, 0.4) is 0 Å². The third kappa shape index (κ3) is 4.01. The molecule has 120 valence electrons. The summed E-state index contributed by atoms with van der Waals surface area (Å²) in [6, 6.07) is 10.2. The van der Waals surface area contributed by atoms with Crippen molar-refractivity contribution in [2.45, 2.75) is 39.2 Å². The highest BCUT2D eigenvalue weighted by atomic mass is 16.2. The van der Waals surface area contributed by atoms with Gasteiger partial charge < -0.3 is 4.90 Å². The van der Waals surface area contributed by atoms with E-state index in [0.717, 1.165) is 24.0 Å². The maximum absolute atomic E-state index is 13.0. The second-order valence-corrected chi connectivity index (χ2v) is 6.69. The average molecular weight is 307 g/mol. The molecule has 3 rings (SSSR count). The first-order valence-electron chi connectivity index (χ1n) is 8.53. The summed E-state index contributed by atoms with van der Waals surface area (Å²) in [6.07, 6.45) is 10.6. The highest BCUT2D eigenvalue weighted by Gasteiger charge is 2.28. The predicted molar refractivity (Wildman–Crippen MR) is 94.5 cm³/mol. The van der Waals surface area contributed by atoms with Gasteiger partial charge in [0, 0.05) is 6.20 Å². The van der Waals surface area contributed by atoms with E-state index in [1.54, 1.807) is 0 Å². The van der Waals surface area contributed by atoms with E-state index in [0.29, 0.717) is 12.5 Å². The molecule has 2 aliphatic rings. The Morgan fingerprint density at radius 3 is 2.61 bits per heavy atom. The topological polar surface area (TPSA) is 20.3 Å². The molecule has 0 N–H and O–H groups in total. The lowest BCUT2D eigenvalue weighted by Gasteiger charge is -2.23. The number of carbonyl (C=O) groups excluding carboxylic acids is 1. The molecule has 0 aromatic heterocycles. The molecule has 1 atom stereocenters. The zero-order valence-corrected chi connectivity index (χ0v) is 13.9. The number of hydrogen-bond acceptors (Lipinski definition) is 1. The predicted octanol–water partition coefficient (Wildman–Crippen LogP) is 4.85. The van der Waals surface area contributed by atoms with E-state index in [-0.39, 0.29) is 11.8 Å². The van der Waals surface area contributed by atoms with Crippen molar-refractivity contribution < 1.29 is 4.79 Å². The molecule has 1 aromatic carbocycles. The SMILES string of the molecule is C=C(/C=C/N(Cc1ccccc1)C(=O)[C@H]1CCC=C1C)C1CC1. The largest absolute Gasteiger partial charge is 0.314 e. The zero-order valence-electron chi connectivity index (χ0n) is 13.9. The van der Waals surface area contributed by atoms with Crippen LogP contribution in [0.25, 0.3) is 0 Å². The van der Waals surface area contributed by atoms with E-state index < -0.39 is 0 Å². The molecule has 0 aliphatic heterocycles. The van der Waals surface area contributed by atoms with Crippen LogP contribution in [-0.4, -0.2) is 10.8 Å². The minimum Gasteiger partial charge on any atom is -0.314 e. The zero-order chi connectivity index (χ0) is 16.2. The van der Waals surface area contributed by atoms with Gasteiger partial charge in [0.25, 0.3) is 0 Å². The van der Waals surface area contributed by atoms with E-state index in [1.807, 2.05) is 35.4 Å². The average Bonchev–Trinajstić information content (AvgIpc) is 3.33. The fraction of sp³-hybridized carbons (Fsp3) is 0.381. The van der Waals surface area contributed by atoms with Crippen molar-refractivity contribution in [3.8, 4) is 0 Å². The molecule has 0 bridgehead atoms. The van der Waals surface area contributed by atoms with Crippen LogP contribution >= 0.6 is 0 Å². The quantitative estimate of drug-likeness (QED) is 0.543. The molecule has 2 nitrogen and oxygen atoms in total. The van der Waals surface area contributed by atoms with Gasteiger partial charge in [-0.2, -0.15) is 0 Å². The van der Waals surface area contributed by atoms with E-state index in [2.05, 4.69) is 31.7 Å². The Kier molecular flexibility index (Phi) is 4.80. The van der Waals surface area contributed by atoms with Crippen LogP contribution in [-0.2, 0) is 11.3 Å². The van der Waals surface area contributed by atoms with Crippen molar-refractivity contribution in [2.75, 3.05) is 0 Å². The van der Waals surface area contributed by atoms with Gasteiger partial charge in [-0.25, -0.2) is 0 Å². The standard InChI is InChI=1S/C21H25NO/c1-16(19-11-12-19)13-14-22(15-18-8-4-3-5-9-18)21(23)20-10-6-7-17(20)2/h3-5,7-9,13-14,19-20H,1,6,10-12,15H2,2H3/b14-13+/t20-/m0/s1. The summed E-state index contributed by atoms with van der Waals surface area (Å²) in [5, 5.41) is 0. The van der Waals surface area contributed by atoms with Crippen molar-refractivity contribution in [3.63, 3.8) is 0 Å². The lowest BCUT2D eigenvalue weighted by Crippen LogP contribution is -2.31. The highest BCUT2D eigenvalue weighted by Crippen LogP contribution is 2.36. The summed E-state index contributed by atoms with van der Waals surface area (Å²) >= 11 is 0. The number of amides is 1. The third-order valence-corrected chi connectivity index (χ3v) is 4.82. The second-order valence-electron chi connectivity index (χ2n) is 6.69. The van der Waals surface area contributed by atoms with E-state index in [1.165, 1.54) is 18.4 Å². The van der Waals surface area contributed by atoms with Gasteiger partial charge in [-0.1, -0.05) is 54.1 Å². The second kappa shape index (κ2) is 6.99. The van der Waals surface area contributed by atoms with Gasteiger partial charge in [0.15, 0.2) is 0 Å². The molecule has 0 heterocycles. The Hall–Kier alpha value is -2.09. The van der Waals surface area contributed by atoms with Gasteiger partial charge >= 0.3 is 0 Å². The van der Waals surface area contributed by atoms with Crippen molar-refractivity contribution >= 4 is 5.91 Å². The molecule has 1 aromatic rings. The molecule has 0 spiro atoms. The molecule has 1 saturated carbocycles. The molecular weight excluding hydrogens is 282 g/mol. The molecule has 1 fully saturated rings. The number of nitrogens with zero attached hydrogens (tertiary/aromatic N) is 1. The molecule has 0 radical (unpaired) electrons. The van der Waals surface area contributed by atoms with Crippen LogP contribution in [0.1, 0.15) is 38.2 Å². The van der Waals surface area contributed by atoms with Crippen molar-refractivity contribution in [3.05, 3.63) is 72.0 Å². The first-order chi connectivity index (χ1) is 11.1. The highest BCUT2D eigenvalue weighted by molar-refractivity contribution is 5.83. The number of carbonyl (C=O) groups is 1. The fourth-order valence-corrected chi connectivity index (χ4v) is 3.13. The van der Waals surface area contributed by atoms with Gasteiger partial charge in [0.2, 0.25) is 5.91 Å². The minimum absolute atomic E-state index is 0.0394. The molecular formula is C21H25NO. The summed E-state index contributed by atoms with van der Waals surface area (Å²) in [4.78, 5) is 14.8. The van der Waals surface area contributed by atoms with Gasteiger partial charge in [-0.3, -0.25) is 4.79 Å². The van der Waals surface area contributed by atoms with Gasteiger partial charge in [0.05, 0.1) is 12.5 Å². The molecule has 2 aliphatic carbocycles. The molecule has 0 saturated heterocycles. The summed E-state index contributed by atoms with van der Waals surface area (Å²) < 4.78 is 0. The Bertz CT molecular complexity index is 637. The van der Waals surface area contributed by atoms with Crippen LogP contribution in [0, 0.1) is 11.8 Å². The fourth-order valence-electron chi connectivity index (χ4n) is 3.13. The van der Waals surface area contributed by atoms with Crippen molar-refractivity contribution in [2.24, 2.45) is 11.8 Å². The monoisotopic (exact) mass is 307 g/mol. The Morgan fingerprint density at radius 2 is 2.00 bits per heavy atom. The maximum Gasteiger partial charge on any atom is 0.234 e. The van der Waals surface area contributed by atoms with Gasteiger partial charge in [-0.15, -0.1) is 0 Å². The number of rotatable bonds is 6. The van der Waals surface area contributed by atoms with Crippen LogP contribution in [0.5, 0.6) is 0 Å².